The van der Waals surface area contributed by atoms with Crippen LogP contribution in [0.25, 0.3) is 0 Å². The molecular weight excluding hydrogens is 286 g/mol. The van der Waals surface area contributed by atoms with Crippen molar-refractivity contribution in [2.24, 2.45) is 0 Å². The van der Waals surface area contributed by atoms with Crippen molar-refractivity contribution in [2.75, 3.05) is 5.32 Å². The highest BCUT2D eigenvalue weighted by molar-refractivity contribution is 7.15. The molecule has 7 heteroatoms. The lowest BCUT2D eigenvalue weighted by molar-refractivity contribution is -0.122. The summed E-state index contributed by atoms with van der Waals surface area (Å²) in [4.78, 5) is 16.8. The van der Waals surface area contributed by atoms with Gasteiger partial charge >= 0.3 is 0 Å². The highest BCUT2D eigenvalue weighted by Gasteiger charge is 2.18. The van der Waals surface area contributed by atoms with Crippen LogP contribution in [0.1, 0.15) is 11.8 Å². The Balaban J connectivity index is 2.00. The molecule has 106 valence electrons. The average molecular weight is 298 g/mol. The number of amides is 1. The van der Waals surface area contributed by atoms with Gasteiger partial charge in [0.25, 0.3) is 5.91 Å². The third-order valence-corrected chi connectivity index (χ3v) is 3.25. The second-order valence-electron chi connectivity index (χ2n) is 4.10. The van der Waals surface area contributed by atoms with E-state index in [1.165, 1.54) is 18.3 Å². The van der Waals surface area contributed by atoms with E-state index in [0.717, 1.165) is 17.0 Å². The Kier molecular flexibility index (Phi) is 4.29. The maximum absolute atomic E-state index is 13.4. The second-order valence-corrected chi connectivity index (χ2v) is 5.33. The first-order valence-corrected chi connectivity index (χ1v) is 6.62. The predicted molar refractivity (Wildman–Crippen MR) is 71.9 cm³/mol. The van der Waals surface area contributed by atoms with E-state index in [1.807, 2.05) is 6.92 Å². The zero-order valence-electron chi connectivity index (χ0n) is 10.8. The molecule has 0 unspecified atom stereocenters. The number of nitrogens with one attached hydrogen (secondary N) is 1. The molecule has 1 aromatic carbocycles. The van der Waals surface area contributed by atoms with Gasteiger partial charge in [-0.1, -0.05) is 0 Å². The van der Waals surface area contributed by atoms with Crippen molar-refractivity contribution >= 4 is 22.4 Å². The van der Waals surface area contributed by atoms with Gasteiger partial charge in [0.1, 0.15) is 5.82 Å². The quantitative estimate of drug-likeness (QED) is 0.943. The van der Waals surface area contributed by atoms with Crippen molar-refractivity contribution in [3.63, 3.8) is 0 Å². The molecule has 0 aliphatic carbocycles. The Bertz CT molecular complexity index is 631. The predicted octanol–water partition coefficient (Wildman–Crippen LogP) is 3.14. The summed E-state index contributed by atoms with van der Waals surface area (Å²) in [5, 5.41) is 3.01. The van der Waals surface area contributed by atoms with Gasteiger partial charge in [0.2, 0.25) is 0 Å². The molecule has 4 nitrogen and oxygen atoms in total. The van der Waals surface area contributed by atoms with Crippen LogP contribution in [0.2, 0.25) is 0 Å². The number of rotatable bonds is 4. The molecule has 0 radical (unpaired) electrons. The van der Waals surface area contributed by atoms with Crippen molar-refractivity contribution < 1.29 is 18.3 Å². The normalized spacial score (nSPS) is 12.0. The number of carbonyl (C=O) groups is 1. The minimum atomic E-state index is -0.931. The summed E-state index contributed by atoms with van der Waals surface area (Å²) in [5.74, 6) is -2.19. The Hall–Kier alpha value is -2.02. The molecule has 0 aliphatic rings. The van der Waals surface area contributed by atoms with E-state index in [9.17, 15) is 13.6 Å². The third-order valence-electron chi connectivity index (χ3n) is 2.42. The van der Waals surface area contributed by atoms with Crippen molar-refractivity contribution in [3.05, 3.63) is 40.9 Å². The summed E-state index contributed by atoms with van der Waals surface area (Å²) in [6.45, 7) is 3.33. The number of aryl methyl sites for hydroxylation is 1. The van der Waals surface area contributed by atoms with Crippen LogP contribution in [0.5, 0.6) is 5.75 Å². The number of hydrogen-bond donors (Lipinski definition) is 1. The smallest absolute Gasteiger partial charge is 0.266 e. The first-order valence-electron chi connectivity index (χ1n) is 5.80. The maximum Gasteiger partial charge on any atom is 0.266 e. The van der Waals surface area contributed by atoms with Crippen LogP contribution in [0, 0.1) is 18.6 Å². The van der Waals surface area contributed by atoms with Gasteiger partial charge in [-0.15, -0.1) is 11.3 Å². The van der Waals surface area contributed by atoms with Crippen LogP contribution < -0.4 is 10.1 Å². The molecule has 1 N–H and O–H groups in total. The molecule has 0 saturated carbocycles. The van der Waals surface area contributed by atoms with Crippen molar-refractivity contribution in [1.82, 2.24) is 4.98 Å². The number of thiazole rings is 1. The van der Waals surface area contributed by atoms with Gasteiger partial charge in [-0.25, -0.2) is 13.8 Å². The third kappa shape index (κ3) is 3.51. The largest absolute Gasteiger partial charge is 0.478 e. The van der Waals surface area contributed by atoms with Crippen LogP contribution in [-0.4, -0.2) is 17.0 Å². The highest BCUT2D eigenvalue weighted by Crippen LogP contribution is 2.20. The van der Waals surface area contributed by atoms with Gasteiger partial charge in [-0.3, -0.25) is 10.1 Å². The number of ether oxygens (including phenoxy) is 1. The maximum atomic E-state index is 13.4. The fraction of sp³-hybridized carbons (Fsp3) is 0.231. The van der Waals surface area contributed by atoms with E-state index in [0.29, 0.717) is 11.2 Å². The van der Waals surface area contributed by atoms with Gasteiger partial charge in [-0.05, 0) is 26.0 Å². The van der Waals surface area contributed by atoms with Crippen molar-refractivity contribution in [2.45, 2.75) is 20.0 Å². The van der Waals surface area contributed by atoms with Gasteiger partial charge in [0, 0.05) is 17.1 Å². The van der Waals surface area contributed by atoms with Gasteiger partial charge in [0.05, 0.1) is 0 Å². The Morgan fingerprint density at radius 1 is 1.45 bits per heavy atom. The van der Waals surface area contributed by atoms with Crippen molar-refractivity contribution in [1.29, 1.82) is 0 Å². The first kappa shape index (κ1) is 14.4. The molecule has 1 heterocycles. The number of carbonyl (C=O) groups excluding carboxylic acids is 1. The molecule has 0 bridgehead atoms. The number of hydrogen-bond acceptors (Lipinski definition) is 4. The molecule has 20 heavy (non-hydrogen) atoms. The van der Waals surface area contributed by atoms with Crippen molar-refractivity contribution in [3.8, 4) is 5.75 Å². The van der Waals surface area contributed by atoms with E-state index in [4.69, 9.17) is 4.74 Å². The Morgan fingerprint density at radius 2 is 2.20 bits per heavy atom. The second kappa shape index (κ2) is 5.96. The average Bonchev–Trinajstić information content (AvgIpc) is 2.78. The van der Waals surface area contributed by atoms with Crippen LogP contribution in [0.15, 0.2) is 24.4 Å². The summed E-state index contributed by atoms with van der Waals surface area (Å²) < 4.78 is 31.3. The molecule has 1 amide bonds. The highest BCUT2D eigenvalue weighted by atomic mass is 32.1. The lowest BCUT2D eigenvalue weighted by atomic mass is 10.3. The van der Waals surface area contributed by atoms with Crippen LogP contribution >= 0.6 is 11.3 Å². The number of halogens is 2. The van der Waals surface area contributed by atoms with Crippen LogP contribution in [-0.2, 0) is 4.79 Å². The molecule has 1 aromatic heterocycles. The monoisotopic (exact) mass is 298 g/mol. The van der Waals surface area contributed by atoms with Gasteiger partial charge < -0.3 is 4.74 Å². The van der Waals surface area contributed by atoms with Crippen LogP contribution in [0.3, 0.4) is 0 Å². The number of anilines is 1. The number of aromatic nitrogens is 1. The fourth-order valence-electron chi connectivity index (χ4n) is 1.43. The molecule has 2 rings (SSSR count). The summed E-state index contributed by atoms with van der Waals surface area (Å²) in [5.41, 5.74) is 0. The summed E-state index contributed by atoms with van der Waals surface area (Å²) in [7, 11) is 0. The molecule has 0 saturated heterocycles. The topological polar surface area (TPSA) is 51.2 Å². The Morgan fingerprint density at radius 3 is 2.80 bits per heavy atom. The van der Waals surface area contributed by atoms with E-state index < -0.39 is 23.6 Å². The fourth-order valence-corrected chi connectivity index (χ4v) is 2.10. The van der Waals surface area contributed by atoms with Gasteiger partial charge in [0.15, 0.2) is 22.8 Å². The first-order chi connectivity index (χ1) is 9.45. The van der Waals surface area contributed by atoms with E-state index in [1.54, 1.807) is 6.20 Å². The minimum Gasteiger partial charge on any atom is -0.478 e. The Labute approximate surface area is 118 Å². The molecule has 0 spiro atoms. The molecule has 2 aromatic rings. The van der Waals surface area contributed by atoms with E-state index >= 15 is 0 Å². The lowest BCUT2D eigenvalue weighted by Gasteiger charge is -2.14. The van der Waals surface area contributed by atoms with E-state index in [-0.39, 0.29) is 5.75 Å². The molecule has 0 aliphatic heterocycles. The molecule has 1 atom stereocenters. The summed E-state index contributed by atoms with van der Waals surface area (Å²) in [6.07, 6.45) is 0.699. The van der Waals surface area contributed by atoms with E-state index in [2.05, 4.69) is 10.3 Å². The van der Waals surface area contributed by atoms with Gasteiger partial charge in [-0.2, -0.15) is 0 Å². The summed E-state index contributed by atoms with van der Waals surface area (Å²) >= 11 is 1.32. The SMILES string of the molecule is Cc1cnc(NC(=O)[C@@H](C)Oc2ccc(F)cc2F)s1. The lowest BCUT2D eigenvalue weighted by Crippen LogP contribution is -2.30. The number of benzene rings is 1. The van der Waals surface area contributed by atoms with Crippen LogP contribution in [0.4, 0.5) is 13.9 Å². The standard InChI is InChI=1S/C13H12F2N2O2S/c1-7-6-16-13(20-7)17-12(18)8(2)19-11-4-3-9(14)5-10(11)15/h3-6,8H,1-2H3,(H,16,17,18)/t8-/m1/s1. The minimum absolute atomic E-state index is 0.177. The zero-order valence-corrected chi connectivity index (χ0v) is 11.6. The zero-order chi connectivity index (χ0) is 14.7. The number of nitrogens with zero attached hydrogens (tertiary/aromatic N) is 1. The molecular formula is C13H12F2N2O2S. The summed E-state index contributed by atoms with van der Waals surface area (Å²) in [6, 6.07) is 2.90. The molecule has 0 fully saturated rings.